The molecule has 2 N–H and O–H groups in total. The van der Waals surface area contributed by atoms with E-state index in [9.17, 15) is 14.4 Å². The van der Waals surface area contributed by atoms with Crippen molar-refractivity contribution in [3.8, 4) is 22.8 Å². The summed E-state index contributed by atoms with van der Waals surface area (Å²) >= 11 is 0. The molecule has 1 aliphatic carbocycles. The highest BCUT2D eigenvalue weighted by molar-refractivity contribution is 5.99. The summed E-state index contributed by atoms with van der Waals surface area (Å²) in [6.45, 7) is 6.62. The number of benzene rings is 1. The summed E-state index contributed by atoms with van der Waals surface area (Å²) in [4.78, 5) is 47.2. The normalized spacial score (nSPS) is 17.7. The zero-order valence-corrected chi connectivity index (χ0v) is 25.0. The van der Waals surface area contributed by atoms with Crippen LogP contribution in [0.15, 0.2) is 30.6 Å². The number of rotatable bonds is 4. The number of carbonyl (C=O) groups is 3. The van der Waals surface area contributed by atoms with Gasteiger partial charge in [-0.15, -0.1) is 0 Å². The van der Waals surface area contributed by atoms with E-state index in [0.29, 0.717) is 29.4 Å². The lowest BCUT2D eigenvalue weighted by Crippen LogP contribution is -2.52. The Morgan fingerprint density at radius 3 is 2.55 bits per heavy atom. The number of carbonyl (C=O) groups excluding carboxylic acids is 3. The molecule has 232 valence electrons. The maximum atomic E-state index is 15.3. The topological polar surface area (TPSA) is 141 Å². The standard InChI is InChI=1S/C31H34FN5O7/c1-30(2,3)44-29(40)37-7-5-31(6-8-37)12-19(13-31)43-28(39)35-23-11-17-9-20(22(32)10-18(17)14-33-23)21-15-34-27-25(26(21)41-4)36-24(38)16-42-27/h9-11,14-15,19H,5-8,12-13,16H2,1-4H3,(H,36,38)(H,33,35,39). The molecule has 2 aromatic heterocycles. The lowest BCUT2D eigenvalue weighted by atomic mass is 9.61. The molecule has 6 rings (SSSR count). The lowest BCUT2D eigenvalue weighted by Gasteiger charge is -2.51. The average molecular weight is 608 g/mol. The van der Waals surface area contributed by atoms with Crippen LogP contribution < -0.4 is 20.1 Å². The summed E-state index contributed by atoms with van der Waals surface area (Å²) in [5.74, 6) is -0.271. The zero-order valence-electron chi connectivity index (χ0n) is 25.0. The highest BCUT2D eigenvalue weighted by atomic mass is 19.1. The Balaban J connectivity index is 1.10. The van der Waals surface area contributed by atoms with E-state index in [1.807, 2.05) is 20.8 Å². The van der Waals surface area contributed by atoms with Crippen molar-refractivity contribution in [1.82, 2.24) is 14.9 Å². The van der Waals surface area contributed by atoms with Gasteiger partial charge < -0.3 is 29.2 Å². The van der Waals surface area contributed by atoms with Gasteiger partial charge in [-0.05, 0) is 75.5 Å². The molecule has 1 aromatic carbocycles. The number of piperidine rings is 1. The van der Waals surface area contributed by atoms with Crippen LogP contribution in [0, 0.1) is 11.2 Å². The van der Waals surface area contributed by atoms with Crippen LogP contribution in [0.4, 0.5) is 25.5 Å². The van der Waals surface area contributed by atoms with Crippen molar-refractivity contribution in [2.45, 2.75) is 58.2 Å². The second-order valence-electron chi connectivity index (χ2n) is 12.5. The minimum Gasteiger partial charge on any atom is -0.494 e. The van der Waals surface area contributed by atoms with Crippen LogP contribution in [-0.4, -0.2) is 71.5 Å². The molecule has 0 bridgehead atoms. The second-order valence-corrected chi connectivity index (χ2v) is 12.5. The van der Waals surface area contributed by atoms with Gasteiger partial charge in [0.1, 0.15) is 29.0 Å². The molecule has 44 heavy (non-hydrogen) atoms. The van der Waals surface area contributed by atoms with Crippen LogP contribution in [0.5, 0.6) is 11.6 Å². The third-order valence-electron chi connectivity index (χ3n) is 8.20. The van der Waals surface area contributed by atoms with E-state index >= 15 is 4.39 Å². The summed E-state index contributed by atoms with van der Waals surface area (Å²) in [6, 6.07) is 4.55. The third kappa shape index (κ3) is 5.90. The predicted octanol–water partition coefficient (Wildman–Crippen LogP) is 5.50. The summed E-state index contributed by atoms with van der Waals surface area (Å²) in [5.41, 5.74) is 0.259. The third-order valence-corrected chi connectivity index (χ3v) is 8.20. The van der Waals surface area contributed by atoms with Gasteiger partial charge in [-0.3, -0.25) is 10.1 Å². The fourth-order valence-electron chi connectivity index (χ4n) is 6.02. The van der Waals surface area contributed by atoms with Gasteiger partial charge >= 0.3 is 12.2 Å². The van der Waals surface area contributed by atoms with Crippen molar-refractivity contribution in [2.24, 2.45) is 5.41 Å². The molecule has 0 unspecified atom stereocenters. The van der Waals surface area contributed by atoms with Crippen molar-refractivity contribution in [3.05, 3.63) is 36.4 Å². The van der Waals surface area contributed by atoms with Gasteiger partial charge in [-0.25, -0.2) is 23.9 Å². The molecule has 2 fully saturated rings. The van der Waals surface area contributed by atoms with Crippen LogP contribution in [0.25, 0.3) is 21.9 Å². The SMILES string of the molecule is COc1c(-c2cc3cc(NC(=O)OC4CC5(CCN(C(=O)OC(C)(C)C)CC5)C4)ncc3cc2F)cnc2c1NC(=O)CO2. The Labute approximate surface area is 253 Å². The Morgan fingerprint density at radius 2 is 1.84 bits per heavy atom. The molecule has 2 aliphatic heterocycles. The number of ether oxygens (including phenoxy) is 4. The fraction of sp³-hybridized carbons (Fsp3) is 0.452. The van der Waals surface area contributed by atoms with Gasteiger partial charge in [0.2, 0.25) is 5.88 Å². The largest absolute Gasteiger partial charge is 0.494 e. The van der Waals surface area contributed by atoms with Gasteiger partial charge in [0, 0.05) is 42.0 Å². The number of aromatic nitrogens is 2. The molecule has 12 nitrogen and oxygen atoms in total. The number of hydrogen-bond donors (Lipinski definition) is 2. The van der Waals surface area contributed by atoms with Crippen LogP contribution >= 0.6 is 0 Å². The first-order valence-electron chi connectivity index (χ1n) is 14.5. The molecule has 1 saturated heterocycles. The lowest BCUT2D eigenvalue weighted by molar-refractivity contribution is -0.118. The number of hydrogen-bond acceptors (Lipinski definition) is 9. The number of amides is 3. The molecule has 3 amide bonds. The number of pyridine rings is 2. The van der Waals surface area contributed by atoms with E-state index in [1.54, 1.807) is 17.0 Å². The molecule has 4 heterocycles. The van der Waals surface area contributed by atoms with Gasteiger partial charge in [0.25, 0.3) is 5.91 Å². The number of anilines is 2. The van der Waals surface area contributed by atoms with Gasteiger partial charge in [0.15, 0.2) is 12.4 Å². The highest BCUT2D eigenvalue weighted by Gasteiger charge is 2.48. The van der Waals surface area contributed by atoms with E-state index in [4.69, 9.17) is 18.9 Å². The molecule has 1 saturated carbocycles. The van der Waals surface area contributed by atoms with E-state index in [2.05, 4.69) is 20.6 Å². The number of fused-ring (bicyclic) bond motifs is 2. The van der Waals surface area contributed by atoms with E-state index in [1.165, 1.54) is 25.6 Å². The molecule has 13 heteroatoms. The smallest absolute Gasteiger partial charge is 0.413 e. The highest BCUT2D eigenvalue weighted by Crippen LogP contribution is 2.50. The Morgan fingerprint density at radius 1 is 1.09 bits per heavy atom. The molecule has 1 spiro atoms. The predicted molar refractivity (Wildman–Crippen MR) is 158 cm³/mol. The monoisotopic (exact) mass is 607 g/mol. The molecule has 0 radical (unpaired) electrons. The quantitative estimate of drug-likeness (QED) is 0.393. The van der Waals surface area contributed by atoms with Gasteiger partial charge in [-0.2, -0.15) is 0 Å². The Hall–Kier alpha value is -4.68. The first-order valence-corrected chi connectivity index (χ1v) is 14.5. The zero-order chi connectivity index (χ0) is 31.2. The summed E-state index contributed by atoms with van der Waals surface area (Å²) in [5, 5.41) is 6.46. The fourth-order valence-corrected chi connectivity index (χ4v) is 6.02. The van der Waals surface area contributed by atoms with Crippen molar-refractivity contribution >= 4 is 40.4 Å². The Bertz CT molecular complexity index is 1640. The molecule has 0 atom stereocenters. The van der Waals surface area contributed by atoms with Crippen LogP contribution in [0.1, 0.15) is 46.5 Å². The summed E-state index contributed by atoms with van der Waals surface area (Å²) in [6.07, 6.45) is 4.88. The molecule has 3 aromatic rings. The molecular formula is C31H34FN5O7. The van der Waals surface area contributed by atoms with E-state index < -0.39 is 17.5 Å². The van der Waals surface area contributed by atoms with Crippen molar-refractivity contribution in [1.29, 1.82) is 0 Å². The molecular weight excluding hydrogens is 573 g/mol. The maximum absolute atomic E-state index is 15.3. The first-order chi connectivity index (χ1) is 20.9. The summed E-state index contributed by atoms with van der Waals surface area (Å²) < 4.78 is 37.2. The van der Waals surface area contributed by atoms with Crippen molar-refractivity contribution < 1.29 is 37.7 Å². The van der Waals surface area contributed by atoms with Crippen LogP contribution in [0.2, 0.25) is 0 Å². The summed E-state index contributed by atoms with van der Waals surface area (Å²) in [7, 11) is 1.41. The number of nitrogens with one attached hydrogen (secondary N) is 2. The van der Waals surface area contributed by atoms with Gasteiger partial charge in [-0.1, -0.05) is 0 Å². The molecule has 3 aliphatic rings. The second kappa shape index (κ2) is 11.1. The number of likely N-dealkylation sites (tertiary alicyclic amines) is 1. The van der Waals surface area contributed by atoms with Crippen LogP contribution in [-0.2, 0) is 14.3 Å². The van der Waals surface area contributed by atoms with Crippen molar-refractivity contribution in [2.75, 3.05) is 37.4 Å². The van der Waals surface area contributed by atoms with Gasteiger partial charge in [0.05, 0.1) is 7.11 Å². The minimum absolute atomic E-state index is 0.0622. The van der Waals surface area contributed by atoms with E-state index in [0.717, 1.165) is 25.7 Å². The average Bonchev–Trinajstić information content (AvgIpc) is 2.95. The van der Waals surface area contributed by atoms with E-state index in [-0.39, 0.29) is 58.8 Å². The maximum Gasteiger partial charge on any atom is 0.413 e. The number of nitrogens with zero attached hydrogens (tertiary/aromatic N) is 3. The Kier molecular flexibility index (Phi) is 7.42. The van der Waals surface area contributed by atoms with Crippen molar-refractivity contribution in [3.63, 3.8) is 0 Å². The number of methoxy groups -OCH3 is 1. The number of halogens is 1. The van der Waals surface area contributed by atoms with Crippen LogP contribution in [0.3, 0.4) is 0 Å². The minimum atomic E-state index is -0.624. The first kappa shape index (κ1) is 29.4.